The molecule has 0 radical (unpaired) electrons. The minimum atomic E-state index is -0.128. The second kappa shape index (κ2) is 5.84. The number of nitrogens with zero attached hydrogens (tertiary/aromatic N) is 2. The molecule has 1 heterocycles. The van der Waals surface area contributed by atoms with Gasteiger partial charge in [-0.1, -0.05) is 0 Å². The fourth-order valence-corrected chi connectivity index (χ4v) is 1.84. The average molecular weight is 227 g/mol. The number of amides is 2. The van der Waals surface area contributed by atoms with Gasteiger partial charge in [-0.05, 0) is 19.9 Å². The molecule has 5 heteroatoms. The van der Waals surface area contributed by atoms with E-state index in [1.165, 1.54) is 4.90 Å². The van der Waals surface area contributed by atoms with E-state index in [1.807, 2.05) is 7.05 Å². The number of likely N-dealkylation sites (tertiary alicyclic amines) is 1. The van der Waals surface area contributed by atoms with Gasteiger partial charge in [0.15, 0.2) is 0 Å². The molecule has 1 N–H and O–H groups in total. The summed E-state index contributed by atoms with van der Waals surface area (Å²) >= 11 is 0. The normalized spacial score (nSPS) is 20.7. The standard InChI is InChI=1S/C11H21N3O2/c1-12-9-5-4-6-14(8-9)11(16)7-10(15)13(2)3/h9,12H,4-8H2,1-3H3. The molecule has 1 saturated heterocycles. The number of hydrogen-bond acceptors (Lipinski definition) is 3. The van der Waals surface area contributed by atoms with Crippen LogP contribution in [0, 0.1) is 0 Å². The summed E-state index contributed by atoms with van der Waals surface area (Å²) in [5.41, 5.74) is 0. The summed E-state index contributed by atoms with van der Waals surface area (Å²) in [6.07, 6.45) is 2.10. The highest BCUT2D eigenvalue weighted by molar-refractivity contribution is 5.96. The largest absolute Gasteiger partial charge is 0.348 e. The summed E-state index contributed by atoms with van der Waals surface area (Å²) < 4.78 is 0. The molecule has 1 aliphatic heterocycles. The lowest BCUT2D eigenvalue weighted by Gasteiger charge is -2.32. The van der Waals surface area contributed by atoms with Gasteiger partial charge in [-0.3, -0.25) is 9.59 Å². The van der Waals surface area contributed by atoms with Crippen molar-refractivity contribution in [2.45, 2.75) is 25.3 Å². The molecule has 1 atom stereocenters. The molecule has 0 saturated carbocycles. The molecule has 0 aliphatic carbocycles. The first-order chi connectivity index (χ1) is 7.54. The molecule has 92 valence electrons. The van der Waals surface area contributed by atoms with Crippen molar-refractivity contribution >= 4 is 11.8 Å². The number of piperidine rings is 1. The van der Waals surface area contributed by atoms with E-state index in [-0.39, 0.29) is 18.2 Å². The topological polar surface area (TPSA) is 52.7 Å². The van der Waals surface area contributed by atoms with Crippen LogP contribution in [0.1, 0.15) is 19.3 Å². The van der Waals surface area contributed by atoms with E-state index in [4.69, 9.17) is 0 Å². The van der Waals surface area contributed by atoms with Gasteiger partial charge in [0.1, 0.15) is 6.42 Å². The summed E-state index contributed by atoms with van der Waals surface area (Å²) in [6.45, 7) is 1.49. The molecule has 2 amide bonds. The Morgan fingerprint density at radius 2 is 2.12 bits per heavy atom. The Kier molecular flexibility index (Phi) is 4.73. The Bertz CT molecular complexity index is 266. The van der Waals surface area contributed by atoms with Crippen LogP contribution in [-0.2, 0) is 9.59 Å². The average Bonchev–Trinajstić information content (AvgIpc) is 2.28. The van der Waals surface area contributed by atoms with E-state index >= 15 is 0 Å². The predicted octanol–water partition coefficient (Wildman–Crippen LogP) is -0.325. The van der Waals surface area contributed by atoms with E-state index in [1.54, 1.807) is 19.0 Å². The van der Waals surface area contributed by atoms with Gasteiger partial charge < -0.3 is 15.1 Å². The van der Waals surface area contributed by atoms with Crippen molar-refractivity contribution in [2.24, 2.45) is 0 Å². The van der Waals surface area contributed by atoms with Gasteiger partial charge in [0.05, 0.1) is 0 Å². The van der Waals surface area contributed by atoms with Crippen molar-refractivity contribution in [2.75, 3.05) is 34.2 Å². The number of rotatable bonds is 3. The van der Waals surface area contributed by atoms with Crippen LogP contribution in [0.3, 0.4) is 0 Å². The van der Waals surface area contributed by atoms with Crippen LogP contribution >= 0.6 is 0 Å². The van der Waals surface area contributed by atoms with Crippen LogP contribution in [0.2, 0.25) is 0 Å². The molecule has 0 bridgehead atoms. The Labute approximate surface area is 96.8 Å². The zero-order chi connectivity index (χ0) is 12.1. The SMILES string of the molecule is CNC1CCCN(C(=O)CC(=O)N(C)C)C1. The minimum Gasteiger partial charge on any atom is -0.348 e. The highest BCUT2D eigenvalue weighted by Gasteiger charge is 2.24. The van der Waals surface area contributed by atoms with E-state index in [9.17, 15) is 9.59 Å². The highest BCUT2D eigenvalue weighted by atomic mass is 16.2. The van der Waals surface area contributed by atoms with Crippen LogP contribution in [0.15, 0.2) is 0 Å². The molecule has 0 spiro atoms. The van der Waals surface area contributed by atoms with Crippen LogP contribution in [-0.4, -0.2) is 61.9 Å². The van der Waals surface area contributed by atoms with Crippen LogP contribution in [0.25, 0.3) is 0 Å². The maximum absolute atomic E-state index is 11.8. The molecule has 0 aromatic carbocycles. The second-order valence-electron chi connectivity index (χ2n) is 4.43. The fourth-order valence-electron chi connectivity index (χ4n) is 1.84. The quantitative estimate of drug-likeness (QED) is 0.672. The smallest absolute Gasteiger partial charge is 0.232 e. The van der Waals surface area contributed by atoms with Gasteiger partial charge in [0.2, 0.25) is 11.8 Å². The zero-order valence-electron chi connectivity index (χ0n) is 10.3. The van der Waals surface area contributed by atoms with Gasteiger partial charge in [0, 0.05) is 33.2 Å². The van der Waals surface area contributed by atoms with Crippen LogP contribution in [0.4, 0.5) is 0 Å². The van der Waals surface area contributed by atoms with Crippen molar-refractivity contribution in [3.63, 3.8) is 0 Å². The van der Waals surface area contributed by atoms with Crippen molar-refractivity contribution in [3.8, 4) is 0 Å². The summed E-state index contributed by atoms with van der Waals surface area (Å²) in [5.74, 6) is -0.185. The van der Waals surface area contributed by atoms with Crippen molar-refractivity contribution in [3.05, 3.63) is 0 Å². The lowest BCUT2D eigenvalue weighted by atomic mass is 10.1. The van der Waals surface area contributed by atoms with Crippen molar-refractivity contribution < 1.29 is 9.59 Å². The third-order valence-electron chi connectivity index (χ3n) is 2.98. The molecular formula is C11H21N3O2. The van der Waals surface area contributed by atoms with E-state index < -0.39 is 0 Å². The van der Waals surface area contributed by atoms with Gasteiger partial charge >= 0.3 is 0 Å². The van der Waals surface area contributed by atoms with E-state index in [0.29, 0.717) is 6.04 Å². The predicted molar refractivity (Wildman–Crippen MR) is 62.0 cm³/mol. The van der Waals surface area contributed by atoms with Crippen molar-refractivity contribution in [1.82, 2.24) is 15.1 Å². The molecule has 1 fully saturated rings. The Balaban J connectivity index is 2.44. The maximum atomic E-state index is 11.8. The second-order valence-corrected chi connectivity index (χ2v) is 4.43. The molecule has 1 aliphatic rings. The third-order valence-corrected chi connectivity index (χ3v) is 2.98. The summed E-state index contributed by atoms with van der Waals surface area (Å²) in [5, 5.41) is 3.18. The fraction of sp³-hybridized carbons (Fsp3) is 0.818. The first-order valence-electron chi connectivity index (χ1n) is 5.69. The molecular weight excluding hydrogens is 206 g/mol. The molecule has 1 unspecified atom stereocenters. The lowest BCUT2D eigenvalue weighted by molar-refractivity contribution is -0.140. The number of hydrogen-bond donors (Lipinski definition) is 1. The van der Waals surface area contributed by atoms with Gasteiger partial charge in [-0.15, -0.1) is 0 Å². The molecule has 0 aromatic rings. The van der Waals surface area contributed by atoms with E-state index in [0.717, 1.165) is 25.9 Å². The number of nitrogens with one attached hydrogen (secondary N) is 1. The highest BCUT2D eigenvalue weighted by Crippen LogP contribution is 2.11. The summed E-state index contributed by atoms with van der Waals surface area (Å²) in [4.78, 5) is 26.5. The number of carbonyl (C=O) groups excluding carboxylic acids is 2. The van der Waals surface area contributed by atoms with Crippen LogP contribution in [0.5, 0.6) is 0 Å². The first kappa shape index (κ1) is 13.0. The molecule has 5 nitrogen and oxygen atoms in total. The first-order valence-corrected chi connectivity index (χ1v) is 5.69. The Morgan fingerprint density at radius 1 is 1.44 bits per heavy atom. The monoisotopic (exact) mass is 227 g/mol. The minimum absolute atomic E-state index is 0.0105. The number of carbonyl (C=O) groups is 2. The molecule has 0 aromatic heterocycles. The van der Waals surface area contributed by atoms with Crippen LogP contribution < -0.4 is 5.32 Å². The Morgan fingerprint density at radius 3 is 2.69 bits per heavy atom. The third kappa shape index (κ3) is 3.48. The zero-order valence-corrected chi connectivity index (χ0v) is 10.3. The summed E-state index contributed by atoms with van der Waals surface area (Å²) in [7, 11) is 5.24. The lowest BCUT2D eigenvalue weighted by Crippen LogP contribution is -2.47. The number of likely N-dealkylation sites (N-methyl/N-ethyl adjacent to an activating group) is 1. The maximum Gasteiger partial charge on any atom is 0.232 e. The van der Waals surface area contributed by atoms with Gasteiger partial charge in [0.25, 0.3) is 0 Å². The van der Waals surface area contributed by atoms with Crippen molar-refractivity contribution in [1.29, 1.82) is 0 Å². The molecule has 1 rings (SSSR count). The Hall–Kier alpha value is -1.10. The van der Waals surface area contributed by atoms with E-state index in [2.05, 4.69) is 5.32 Å². The molecule has 16 heavy (non-hydrogen) atoms. The van der Waals surface area contributed by atoms with Gasteiger partial charge in [-0.2, -0.15) is 0 Å². The summed E-state index contributed by atoms with van der Waals surface area (Å²) in [6, 6.07) is 0.368. The van der Waals surface area contributed by atoms with Gasteiger partial charge in [-0.25, -0.2) is 0 Å².